The van der Waals surface area contributed by atoms with Gasteiger partial charge >= 0.3 is 0 Å². The molecule has 0 aliphatic rings. The molecule has 0 saturated heterocycles. The summed E-state index contributed by atoms with van der Waals surface area (Å²) in [6, 6.07) is 16.6. The van der Waals surface area contributed by atoms with E-state index >= 15 is 0 Å². The minimum Gasteiger partial charge on any atom is -0.388 e. The number of methoxy groups -OCH3 is 1. The first-order valence-corrected chi connectivity index (χ1v) is 8.03. The van der Waals surface area contributed by atoms with Crippen LogP contribution in [0.3, 0.4) is 0 Å². The molecule has 1 heterocycles. The van der Waals surface area contributed by atoms with Crippen molar-refractivity contribution in [2.24, 2.45) is 0 Å². The molecule has 1 aromatic heterocycles. The summed E-state index contributed by atoms with van der Waals surface area (Å²) in [6.45, 7) is 2.16. The van der Waals surface area contributed by atoms with E-state index in [9.17, 15) is 4.79 Å². The van der Waals surface area contributed by atoms with E-state index in [1.54, 1.807) is 14.2 Å². The third-order valence-corrected chi connectivity index (χ3v) is 3.74. The zero-order chi connectivity index (χ0) is 17.4. The van der Waals surface area contributed by atoms with Gasteiger partial charge in [-0.3, -0.25) is 4.98 Å². The van der Waals surface area contributed by atoms with Crippen LogP contribution in [0.5, 0.6) is 0 Å². The fraction of sp³-hybridized carbons (Fsp3) is 0.238. The third kappa shape index (κ3) is 4.49. The zero-order valence-corrected chi connectivity index (χ0v) is 14.5. The average molecular weight is 321 g/mol. The Morgan fingerprint density at radius 3 is 2.50 bits per heavy atom. The van der Waals surface area contributed by atoms with E-state index in [4.69, 9.17) is 0 Å². The molecule has 124 valence electrons. The van der Waals surface area contributed by atoms with Gasteiger partial charge in [0.1, 0.15) is 6.29 Å². The van der Waals surface area contributed by atoms with E-state index < -0.39 is 0 Å². The highest BCUT2D eigenvalue weighted by atomic mass is 16.4. The topological polar surface area (TPSA) is 39.2 Å². The number of aryl methyl sites for hydroxylation is 1. The van der Waals surface area contributed by atoms with Gasteiger partial charge in [0.25, 0.3) is 0 Å². The predicted octanol–water partition coefficient (Wildman–Crippen LogP) is 4.47. The second-order valence-corrected chi connectivity index (χ2v) is 5.58. The Hall–Kier alpha value is -2.52. The van der Waals surface area contributed by atoms with Gasteiger partial charge in [-0.15, -0.1) is 0 Å². The lowest BCUT2D eigenvalue weighted by atomic mass is 10.0. The predicted molar refractivity (Wildman–Crippen MR) is 99.3 cm³/mol. The van der Waals surface area contributed by atoms with Crippen molar-refractivity contribution in [1.29, 1.82) is 0 Å². The standard InChI is InChI=1S/C19H17NO.C2H6O/c1-2-14-6-7-17-13-20-19(12-18(17)10-14)16-5-3-4-15(11-16)8-9-21;1-3-2/h3-7,9-13H,2,8H2,1H3;1-2H3. The van der Waals surface area contributed by atoms with Crippen LogP contribution in [0.25, 0.3) is 22.0 Å². The van der Waals surface area contributed by atoms with E-state index in [2.05, 4.69) is 40.9 Å². The number of rotatable bonds is 4. The largest absolute Gasteiger partial charge is 0.388 e. The smallest absolute Gasteiger partial charge is 0.124 e. The molecule has 3 nitrogen and oxygen atoms in total. The first kappa shape index (κ1) is 17.8. The maximum atomic E-state index is 10.7. The summed E-state index contributed by atoms with van der Waals surface area (Å²) in [6.07, 6.45) is 4.32. The van der Waals surface area contributed by atoms with Crippen molar-refractivity contribution < 1.29 is 9.53 Å². The highest BCUT2D eigenvalue weighted by molar-refractivity contribution is 5.85. The molecule has 0 amide bonds. The molecule has 2 aromatic carbocycles. The Morgan fingerprint density at radius 2 is 1.79 bits per heavy atom. The normalized spacial score (nSPS) is 10.1. The average Bonchev–Trinajstić information content (AvgIpc) is 2.62. The van der Waals surface area contributed by atoms with Crippen LogP contribution in [0, 0.1) is 0 Å². The summed E-state index contributed by atoms with van der Waals surface area (Å²) in [4.78, 5) is 15.2. The van der Waals surface area contributed by atoms with Crippen molar-refractivity contribution in [2.75, 3.05) is 14.2 Å². The monoisotopic (exact) mass is 321 g/mol. The van der Waals surface area contributed by atoms with Crippen molar-refractivity contribution in [2.45, 2.75) is 19.8 Å². The van der Waals surface area contributed by atoms with Gasteiger partial charge in [-0.1, -0.05) is 43.3 Å². The molecule has 0 aliphatic carbocycles. The van der Waals surface area contributed by atoms with E-state index in [1.165, 1.54) is 10.9 Å². The summed E-state index contributed by atoms with van der Waals surface area (Å²) < 4.78 is 4.25. The number of aldehydes is 1. The van der Waals surface area contributed by atoms with Crippen LogP contribution < -0.4 is 0 Å². The number of nitrogens with zero attached hydrogens (tertiary/aromatic N) is 1. The van der Waals surface area contributed by atoms with Crippen LogP contribution >= 0.6 is 0 Å². The van der Waals surface area contributed by atoms with Gasteiger partial charge in [0.15, 0.2) is 0 Å². The Bertz CT molecular complexity index is 812. The molecular formula is C21H23NO2. The van der Waals surface area contributed by atoms with Crippen LogP contribution in [0.15, 0.2) is 54.7 Å². The lowest BCUT2D eigenvalue weighted by Crippen LogP contribution is -1.89. The van der Waals surface area contributed by atoms with Gasteiger partial charge in [-0.05, 0) is 35.1 Å². The van der Waals surface area contributed by atoms with Gasteiger partial charge in [0, 0.05) is 37.8 Å². The van der Waals surface area contributed by atoms with Crippen molar-refractivity contribution in [1.82, 2.24) is 4.98 Å². The quantitative estimate of drug-likeness (QED) is 0.666. The van der Waals surface area contributed by atoms with Gasteiger partial charge < -0.3 is 9.53 Å². The molecule has 3 aromatic rings. The van der Waals surface area contributed by atoms with E-state index in [1.807, 2.05) is 30.5 Å². The number of pyridine rings is 1. The first-order chi connectivity index (χ1) is 11.7. The van der Waals surface area contributed by atoms with Crippen molar-refractivity contribution in [3.8, 4) is 11.3 Å². The molecule has 0 unspecified atom stereocenters. The second kappa shape index (κ2) is 8.94. The SMILES string of the molecule is CCc1ccc2cnc(-c3cccc(CC=O)c3)cc2c1.COC. The number of hydrogen-bond acceptors (Lipinski definition) is 3. The van der Waals surface area contributed by atoms with Gasteiger partial charge in [-0.2, -0.15) is 0 Å². The van der Waals surface area contributed by atoms with Crippen LogP contribution in [0.4, 0.5) is 0 Å². The molecule has 0 fully saturated rings. The maximum Gasteiger partial charge on any atom is 0.124 e. The molecule has 0 atom stereocenters. The molecule has 0 aliphatic heterocycles. The Kier molecular flexibility index (Phi) is 6.64. The molecule has 24 heavy (non-hydrogen) atoms. The van der Waals surface area contributed by atoms with E-state index in [-0.39, 0.29) is 0 Å². The van der Waals surface area contributed by atoms with Gasteiger partial charge in [0.05, 0.1) is 5.69 Å². The third-order valence-electron chi connectivity index (χ3n) is 3.74. The number of carbonyl (C=O) groups excluding carboxylic acids is 1. The van der Waals surface area contributed by atoms with Crippen LogP contribution in [-0.2, 0) is 22.4 Å². The van der Waals surface area contributed by atoms with Crippen molar-refractivity contribution >= 4 is 17.1 Å². The summed E-state index contributed by atoms with van der Waals surface area (Å²) in [5.41, 5.74) is 4.35. The molecule has 0 spiro atoms. The number of carbonyl (C=O) groups is 1. The van der Waals surface area contributed by atoms with Crippen LogP contribution in [0.2, 0.25) is 0 Å². The first-order valence-electron chi connectivity index (χ1n) is 8.03. The summed E-state index contributed by atoms with van der Waals surface area (Å²) in [5.74, 6) is 0. The van der Waals surface area contributed by atoms with Crippen molar-refractivity contribution in [3.05, 3.63) is 65.9 Å². The highest BCUT2D eigenvalue weighted by Crippen LogP contribution is 2.24. The summed E-state index contributed by atoms with van der Waals surface area (Å²) in [5, 5.41) is 2.36. The van der Waals surface area contributed by atoms with E-state index in [0.29, 0.717) is 6.42 Å². The molecule has 3 heteroatoms. The summed E-state index contributed by atoms with van der Waals surface area (Å²) >= 11 is 0. The lowest BCUT2D eigenvalue weighted by Gasteiger charge is -2.06. The number of aromatic nitrogens is 1. The summed E-state index contributed by atoms with van der Waals surface area (Å²) in [7, 11) is 3.25. The van der Waals surface area contributed by atoms with Crippen molar-refractivity contribution in [3.63, 3.8) is 0 Å². The Morgan fingerprint density at radius 1 is 1.00 bits per heavy atom. The molecule has 0 radical (unpaired) electrons. The van der Waals surface area contributed by atoms with Crippen LogP contribution in [-0.4, -0.2) is 25.5 Å². The Balaban J connectivity index is 0.000000647. The molecule has 0 saturated carbocycles. The number of benzene rings is 2. The second-order valence-electron chi connectivity index (χ2n) is 5.58. The Labute approximate surface area is 143 Å². The molecular weight excluding hydrogens is 298 g/mol. The van der Waals surface area contributed by atoms with Crippen LogP contribution in [0.1, 0.15) is 18.1 Å². The minimum absolute atomic E-state index is 0.446. The molecule has 0 bridgehead atoms. The minimum atomic E-state index is 0.446. The number of hydrogen-bond donors (Lipinski definition) is 0. The van der Waals surface area contributed by atoms with Gasteiger partial charge in [0.2, 0.25) is 0 Å². The fourth-order valence-corrected chi connectivity index (χ4v) is 2.52. The maximum absolute atomic E-state index is 10.7. The highest BCUT2D eigenvalue weighted by Gasteiger charge is 2.03. The van der Waals surface area contributed by atoms with Gasteiger partial charge in [-0.25, -0.2) is 0 Å². The van der Waals surface area contributed by atoms with E-state index in [0.717, 1.165) is 34.9 Å². The number of fused-ring (bicyclic) bond motifs is 1. The fourth-order valence-electron chi connectivity index (χ4n) is 2.52. The zero-order valence-electron chi connectivity index (χ0n) is 14.5. The molecule has 3 rings (SSSR count). The lowest BCUT2D eigenvalue weighted by molar-refractivity contribution is -0.107. The molecule has 0 N–H and O–H groups in total. The number of ether oxygens (including phenoxy) is 1.